The molecule has 0 amide bonds. The predicted molar refractivity (Wildman–Crippen MR) is 77.2 cm³/mol. The van der Waals surface area contributed by atoms with Crippen molar-refractivity contribution in [1.82, 2.24) is 0 Å². The number of methoxy groups -OCH3 is 1. The van der Waals surface area contributed by atoms with Gasteiger partial charge in [0.25, 0.3) is 0 Å². The third kappa shape index (κ3) is 2.74. The zero-order valence-corrected chi connectivity index (χ0v) is 11.9. The lowest BCUT2D eigenvalue weighted by Crippen LogP contribution is -1.95. The fraction of sp³-hybridized carbons (Fsp3) is 0.143. The summed E-state index contributed by atoms with van der Waals surface area (Å²) in [6.45, 7) is 0. The first-order valence-corrected chi connectivity index (χ1v) is 6.54. The topological polar surface area (TPSA) is 9.23 Å². The van der Waals surface area contributed by atoms with Gasteiger partial charge in [-0.3, -0.25) is 0 Å². The minimum absolute atomic E-state index is 0.331. The largest absolute Gasteiger partial charge is 0.495 e. The van der Waals surface area contributed by atoms with Crippen LogP contribution in [0, 0.1) is 0 Å². The summed E-state index contributed by atoms with van der Waals surface area (Å²) in [7, 11) is 1.55. The molecular formula is C14H11Cl3O. The van der Waals surface area contributed by atoms with Crippen molar-refractivity contribution >= 4 is 34.8 Å². The standard InChI is InChI=1S/C14H11Cl3O/c1-18-13-8-11(15)10(7-12(13)16)14(17)9-5-3-2-4-6-9/h2-8,14H,1H3. The first kappa shape index (κ1) is 13.5. The van der Waals surface area contributed by atoms with E-state index in [9.17, 15) is 0 Å². The van der Waals surface area contributed by atoms with E-state index < -0.39 is 0 Å². The lowest BCUT2D eigenvalue weighted by molar-refractivity contribution is 0.415. The number of benzene rings is 2. The highest BCUT2D eigenvalue weighted by Crippen LogP contribution is 2.38. The zero-order valence-electron chi connectivity index (χ0n) is 9.66. The molecule has 0 saturated carbocycles. The highest BCUT2D eigenvalue weighted by molar-refractivity contribution is 6.36. The highest BCUT2D eigenvalue weighted by Gasteiger charge is 2.16. The van der Waals surface area contributed by atoms with Gasteiger partial charge in [0.05, 0.1) is 17.5 Å². The van der Waals surface area contributed by atoms with Crippen LogP contribution in [0.25, 0.3) is 0 Å². The summed E-state index contributed by atoms with van der Waals surface area (Å²) in [5.41, 5.74) is 1.75. The maximum absolute atomic E-state index is 6.42. The Kier molecular flexibility index (Phi) is 4.39. The Balaban J connectivity index is 2.43. The molecule has 1 nitrogen and oxygen atoms in total. The summed E-state index contributed by atoms with van der Waals surface area (Å²) < 4.78 is 5.11. The van der Waals surface area contributed by atoms with Gasteiger partial charge in [-0.15, -0.1) is 11.6 Å². The van der Waals surface area contributed by atoms with Crippen LogP contribution in [-0.2, 0) is 0 Å². The molecule has 0 aromatic heterocycles. The Labute approximate surface area is 121 Å². The quantitative estimate of drug-likeness (QED) is 0.696. The maximum atomic E-state index is 6.42. The number of hydrogen-bond donors (Lipinski definition) is 0. The average Bonchev–Trinajstić information content (AvgIpc) is 2.41. The molecule has 4 heteroatoms. The van der Waals surface area contributed by atoms with E-state index in [1.54, 1.807) is 19.2 Å². The summed E-state index contributed by atoms with van der Waals surface area (Å²) in [6.07, 6.45) is 0. The summed E-state index contributed by atoms with van der Waals surface area (Å²) in [4.78, 5) is 0. The van der Waals surface area contributed by atoms with E-state index in [4.69, 9.17) is 39.5 Å². The molecular weight excluding hydrogens is 291 g/mol. The molecule has 0 aliphatic carbocycles. The van der Waals surface area contributed by atoms with E-state index in [1.165, 1.54) is 0 Å². The molecule has 2 rings (SSSR count). The Morgan fingerprint density at radius 2 is 1.67 bits per heavy atom. The molecule has 2 aromatic carbocycles. The smallest absolute Gasteiger partial charge is 0.138 e. The van der Waals surface area contributed by atoms with E-state index in [1.807, 2.05) is 30.3 Å². The van der Waals surface area contributed by atoms with Gasteiger partial charge in [0.15, 0.2) is 0 Å². The lowest BCUT2D eigenvalue weighted by atomic mass is 10.0. The zero-order chi connectivity index (χ0) is 13.1. The number of ether oxygens (including phenoxy) is 1. The SMILES string of the molecule is COc1cc(Cl)c(C(Cl)c2ccccc2)cc1Cl. The van der Waals surface area contributed by atoms with Gasteiger partial charge in [0, 0.05) is 11.1 Å². The van der Waals surface area contributed by atoms with Gasteiger partial charge >= 0.3 is 0 Å². The van der Waals surface area contributed by atoms with Crippen molar-refractivity contribution in [1.29, 1.82) is 0 Å². The van der Waals surface area contributed by atoms with Crippen molar-refractivity contribution in [2.45, 2.75) is 5.38 Å². The molecule has 0 bridgehead atoms. The molecule has 0 heterocycles. The molecule has 0 spiro atoms. The second-order valence-electron chi connectivity index (χ2n) is 3.78. The highest BCUT2D eigenvalue weighted by atomic mass is 35.5. The minimum atomic E-state index is -0.331. The minimum Gasteiger partial charge on any atom is -0.495 e. The molecule has 1 atom stereocenters. The first-order chi connectivity index (χ1) is 8.63. The molecule has 0 fully saturated rings. The number of halogens is 3. The molecule has 2 aromatic rings. The van der Waals surface area contributed by atoms with E-state index in [-0.39, 0.29) is 5.38 Å². The Bertz CT molecular complexity index is 540. The molecule has 0 radical (unpaired) electrons. The van der Waals surface area contributed by atoms with Crippen LogP contribution in [0.5, 0.6) is 5.75 Å². The van der Waals surface area contributed by atoms with Gasteiger partial charge in [-0.1, -0.05) is 53.5 Å². The van der Waals surface area contributed by atoms with Crippen molar-refractivity contribution < 1.29 is 4.74 Å². The van der Waals surface area contributed by atoms with Crippen LogP contribution >= 0.6 is 34.8 Å². The van der Waals surface area contributed by atoms with Gasteiger partial charge in [0.1, 0.15) is 5.75 Å². The third-order valence-electron chi connectivity index (χ3n) is 2.64. The van der Waals surface area contributed by atoms with Gasteiger partial charge < -0.3 is 4.74 Å². The van der Waals surface area contributed by atoms with Crippen LogP contribution in [0.15, 0.2) is 42.5 Å². The van der Waals surface area contributed by atoms with Crippen molar-refractivity contribution in [2.24, 2.45) is 0 Å². The Morgan fingerprint density at radius 1 is 1.00 bits per heavy atom. The van der Waals surface area contributed by atoms with Crippen LogP contribution in [0.1, 0.15) is 16.5 Å². The molecule has 1 unspecified atom stereocenters. The monoisotopic (exact) mass is 300 g/mol. The van der Waals surface area contributed by atoms with Crippen LogP contribution in [-0.4, -0.2) is 7.11 Å². The van der Waals surface area contributed by atoms with Crippen molar-refractivity contribution in [2.75, 3.05) is 7.11 Å². The molecule has 94 valence electrons. The van der Waals surface area contributed by atoms with Gasteiger partial charge in [-0.25, -0.2) is 0 Å². The first-order valence-electron chi connectivity index (χ1n) is 5.35. The normalized spacial score (nSPS) is 12.2. The van der Waals surface area contributed by atoms with Gasteiger partial charge in [-0.05, 0) is 17.2 Å². The third-order valence-corrected chi connectivity index (χ3v) is 3.75. The summed E-state index contributed by atoms with van der Waals surface area (Å²) in [6, 6.07) is 13.1. The molecule has 0 N–H and O–H groups in total. The number of rotatable bonds is 3. The fourth-order valence-electron chi connectivity index (χ4n) is 1.70. The number of hydrogen-bond acceptors (Lipinski definition) is 1. The van der Waals surface area contributed by atoms with Crippen LogP contribution in [0.3, 0.4) is 0 Å². The molecule has 0 aliphatic heterocycles. The van der Waals surface area contributed by atoms with E-state index in [0.717, 1.165) is 11.1 Å². The Hall–Kier alpha value is -0.890. The predicted octanol–water partition coefficient (Wildman–Crippen LogP) is 5.33. The van der Waals surface area contributed by atoms with Gasteiger partial charge in [0.2, 0.25) is 0 Å². The molecule has 0 saturated heterocycles. The van der Waals surface area contributed by atoms with E-state index >= 15 is 0 Å². The van der Waals surface area contributed by atoms with Crippen LogP contribution in [0.2, 0.25) is 10.0 Å². The summed E-state index contributed by atoms with van der Waals surface area (Å²) >= 11 is 18.7. The van der Waals surface area contributed by atoms with Crippen LogP contribution < -0.4 is 4.74 Å². The fourth-order valence-corrected chi connectivity index (χ4v) is 2.59. The van der Waals surface area contributed by atoms with Crippen molar-refractivity contribution in [3.05, 3.63) is 63.6 Å². The lowest BCUT2D eigenvalue weighted by Gasteiger charge is -2.14. The summed E-state index contributed by atoms with van der Waals surface area (Å²) in [5, 5.41) is 0.709. The number of alkyl halides is 1. The van der Waals surface area contributed by atoms with E-state index in [2.05, 4.69) is 0 Å². The second-order valence-corrected chi connectivity index (χ2v) is 5.03. The summed E-state index contributed by atoms with van der Waals surface area (Å²) in [5.74, 6) is 0.544. The molecule has 0 aliphatic rings. The van der Waals surface area contributed by atoms with Crippen molar-refractivity contribution in [3.8, 4) is 5.75 Å². The van der Waals surface area contributed by atoms with Gasteiger partial charge in [-0.2, -0.15) is 0 Å². The average molecular weight is 302 g/mol. The van der Waals surface area contributed by atoms with E-state index in [0.29, 0.717) is 15.8 Å². The maximum Gasteiger partial charge on any atom is 0.138 e. The Morgan fingerprint density at radius 3 is 2.28 bits per heavy atom. The molecule has 18 heavy (non-hydrogen) atoms. The second kappa shape index (κ2) is 5.83. The van der Waals surface area contributed by atoms with Crippen molar-refractivity contribution in [3.63, 3.8) is 0 Å². The van der Waals surface area contributed by atoms with Crippen LogP contribution in [0.4, 0.5) is 0 Å².